The number of nitro groups is 1. The van der Waals surface area contributed by atoms with Crippen LogP contribution in [0, 0.1) is 10.1 Å². The van der Waals surface area contributed by atoms with Crippen LogP contribution >= 0.6 is 0 Å². The molecule has 1 aliphatic heterocycles. The van der Waals surface area contributed by atoms with Gasteiger partial charge in [0, 0.05) is 0 Å². The summed E-state index contributed by atoms with van der Waals surface area (Å²) >= 11 is 0. The van der Waals surface area contributed by atoms with Gasteiger partial charge in [0.05, 0.1) is 17.2 Å². The van der Waals surface area contributed by atoms with Gasteiger partial charge in [-0.2, -0.15) is 8.42 Å². The molecule has 10 nitrogen and oxygen atoms in total. The number of rotatable bonds is 4. The summed E-state index contributed by atoms with van der Waals surface area (Å²) in [5, 5.41) is 23.0. The first kappa shape index (κ1) is 15.7. The van der Waals surface area contributed by atoms with Gasteiger partial charge in [-0.15, -0.1) is 4.40 Å². The zero-order valence-electron chi connectivity index (χ0n) is 11.3. The Balaban J connectivity index is 2.50. The Morgan fingerprint density at radius 3 is 2.77 bits per heavy atom. The topological polar surface area (TPSA) is 148 Å². The molecule has 1 aliphatic rings. The van der Waals surface area contributed by atoms with Gasteiger partial charge in [-0.1, -0.05) is 0 Å². The number of anilines is 1. The lowest BCUT2D eigenvalue weighted by Crippen LogP contribution is -2.25. The van der Waals surface area contributed by atoms with Crippen LogP contribution in [0.15, 0.2) is 21.4 Å². The van der Waals surface area contributed by atoms with Crippen molar-refractivity contribution in [3.05, 3.63) is 22.2 Å². The molecule has 0 fully saturated rings. The number of benzene rings is 1. The van der Waals surface area contributed by atoms with E-state index >= 15 is 0 Å². The third-order valence-electron chi connectivity index (χ3n) is 2.68. The zero-order valence-corrected chi connectivity index (χ0v) is 12.1. The Labute approximate surface area is 124 Å². The van der Waals surface area contributed by atoms with Crippen molar-refractivity contribution in [3.8, 4) is 5.75 Å². The number of carbonyl (C=O) groups is 1. The molecule has 1 heterocycles. The van der Waals surface area contributed by atoms with Crippen LogP contribution in [0.25, 0.3) is 0 Å². The third-order valence-corrected chi connectivity index (χ3v) is 4.07. The number of ether oxygens (including phenoxy) is 1. The van der Waals surface area contributed by atoms with Crippen molar-refractivity contribution in [3.63, 3.8) is 0 Å². The summed E-state index contributed by atoms with van der Waals surface area (Å²) in [6.45, 7) is 1.71. The zero-order chi connectivity index (χ0) is 16.5. The molecule has 22 heavy (non-hydrogen) atoms. The van der Waals surface area contributed by atoms with Crippen molar-refractivity contribution >= 4 is 33.2 Å². The van der Waals surface area contributed by atoms with Crippen LogP contribution in [-0.4, -0.2) is 36.9 Å². The molecule has 11 heteroatoms. The number of carbonyl (C=O) groups excluding carboxylic acids is 1. The summed E-state index contributed by atoms with van der Waals surface area (Å²) in [4.78, 5) is 20.6. The fraction of sp³-hybridized carbons (Fsp3) is 0.273. The van der Waals surface area contributed by atoms with Gasteiger partial charge in [0.2, 0.25) is 0 Å². The lowest BCUT2D eigenvalue weighted by molar-refractivity contribution is -0.388. The average molecular weight is 329 g/mol. The molecule has 118 valence electrons. The SMILES string of the molecule is CCOC(=O)CC1=NS(=O)(=O)c2c(ccc(O)c2[N+](=O)[O-])N1. The molecule has 0 spiro atoms. The number of hydrogen-bond donors (Lipinski definition) is 2. The predicted octanol–water partition coefficient (Wildman–Crippen LogP) is 0.766. The molecule has 0 aliphatic carbocycles. The normalized spacial score (nSPS) is 15.2. The highest BCUT2D eigenvalue weighted by atomic mass is 32.2. The van der Waals surface area contributed by atoms with E-state index in [1.807, 2.05) is 0 Å². The molecule has 2 rings (SSSR count). The van der Waals surface area contributed by atoms with Gasteiger partial charge in [-0.3, -0.25) is 14.9 Å². The summed E-state index contributed by atoms with van der Waals surface area (Å²) in [6.07, 6.45) is -0.429. The number of aromatic hydroxyl groups is 1. The van der Waals surface area contributed by atoms with Crippen LogP contribution < -0.4 is 5.32 Å². The van der Waals surface area contributed by atoms with Crippen LogP contribution in [0.4, 0.5) is 11.4 Å². The van der Waals surface area contributed by atoms with E-state index in [2.05, 4.69) is 14.5 Å². The number of phenolic OH excluding ortho intramolecular Hbond substituents is 1. The van der Waals surface area contributed by atoms with Crippen molar-refractivity contribution < 1.29 is 28.0 Å². The molecule has 0 saturated heterocycles. The number of nitrogens with one attached hydrogen (secondary N) is 1. The highest BCUT2D eigenvalue weighted by Gasteiger charge is 2.36. The van der Waals surface area contributed by atoms with Crippen molar-refractivity contribution in [2.45, 2.75) is 18.2 Å². The largest absolute Gasteiger partial charge is 0.502 e. The fourth-order valence-corrected chi connectivity index (χ4v) is 3.20. The first-order chi connectivity index (χ1) is 10.3. The first-order valence-electron chi connectivity index (χ1n) is 6.03. The second-order valence-corrected chi connectivity index (χ2v) is 5.73. The lowest BCUT2D eigenvalue weighted by Gasteiger charge is -2.17. The summed E-state index contributed by atoms with van der Waals surface area (Å²) in [5.74, 6) is -1.70. The molecule has 2 N–H and O–H groups in total. The van der Waals surface area contributed by atoms with E-state index in [9.17, 15) is 28.4 Å². The molecular weight excluding hydrogens is 318 g/mol. The quantitative estimate of drug-likeness (QED) is 0.356. The summed E-state index contributed by atoms with van der Waals surface area (Å²) in [5.41, 5.74) is -1.11. The predicted molar refractivity (Wildman–Crippen MR) is 74.3 cm³/mol. The van der Waals surface area contributed by atoms with Crippen LogP contribution in [0.3, 0.4) is 0 Å². The maximum absolute atomic E-state index is 12.1. The van der Waals surface area contributed by atoms with E-state index in [1.54, 1.807) is 6.92 Å². The van der Waals surface area contributed by atoms with E-state index in [0.717, 1.165) is 12.1 Å². The maximum Gasteiger partial charge on any atom is 0.333 e. The molecule has 0 bridgehead atoms. The van der Waals surface area contributed by atoms with Crippen molar-refractivity contribution in [1.82, 2.24) is 0 Å². The Morgan fingerprint density at radius 2 is 2.18 bits per heavy atom. The molecule has 0 aromatic heterocycles. The van der Waals surface area contributed by atoms with Gasteiger partial charge < -0.3 is 15.2 Å². The maximum atomic E-state index is 12.1. The summed E-state index contributed by atoms with van der Waals surface area (Å²) in [6, 6.07) is 2.13. The van der Waals surface area contributed by atoms with Crippen LogP contribution in [-0.2, 0) is 19.6 Å². The number of nitrogens with zero attached hydrogens (tertiary/aromatic N) is 2. The van der Waals surface area contributed by atoms with Crippen molar-refractivity contribution in [2.75, 3.05) is 11.9 Å². The summed E-state index contributed by atoms with van der Waals surface area (Å²) in [7, 11) is -4.43. The third kappa shape index (κ3) is 2.83. The molecule has 0 amide bonds. The smallest absolute Gasteiger partial charge is 0.333 e. The van der Waals surface area contributed by atoms with E-state index in [-0.39, 0.29) is 18.1 Å². The number of nitro benzene ring substituents is 1. The molecule has 0 saturated carbocycles. The van der Waals surface area contributed by atoms with Gasteiger partial charge in [-0.25, -0.2) is 0 Å². The van der Waals surface area contributed by atoms with E-state index in [4.69, 9.17) is 0 Å². The van der Waals surface area contributed by atoms with Gasteiger partial charge >= 0.3 is 11.7 Å². The average Bonchev–Trinajstić information content (AvgIpc) is 2.38. The fourth-order valence-electron chi connectivity index (χ4n) is 1.89. The van der Waals surface area contributed by atoms with Crippen molar-refractivity contribution in [1.29, 1.82) is 0 Å². The monoisotopic (exact) mass is 329 g/mol. The minimum Gasteiger partial charge on any atom is -0.502 e. The molecule has 0 atom stereocenters. The summed E-state index contributed by atoms with van der Waals surface area (Å²) < 4.78 is 32.2. The Morgan fingerprint density at radius 1 is 1.50 bits per heavy atom. The number of sulfonamides is 1. The number of fused-ring (bicyclic) bond motifs is 1. The minimum absolute atomic E-state index is 0.120. The van der Waals surface area contributed by atoms with Gasteiger partial charge in [-0.05, 0) is 19.1 Å². The first-order valence-corrected chi connectivity index (χ1v) is 7.47. The molecule has 1 aromatic carbocycles. The standard InChI is InChI=1S/C11H11N3O7S/c1-2-21-9(16)5-8-12-6-3-4-7(15)10(14(17)18)11(6)22(19,20)13-8/h3-4,15H,2,5H2,1H3,(H,12,13). The molecular formula is C11H11N3O7S. The highest BCUT2D eigenvalue weighted by molar-refractivity contribution is 7.90. The van der Waals surface area contributed by atoms with Crippen LogP contribution in [0.2, 0.25) is 0 Å². The van der Waals surface area contributed by atoms with Crippen LogP contribution in [0.1, 0.15) is 13.3 Å². The number of amidine groups is 1. The minimum atomic E-state index is -4.43. The van der Waals surface area contributed by atoms with Crippen molar-refractivity contribution in [2.24, 2.45) is 4.40 Å². The second kappa shape index (κ2) is 5.60. The highest BCUT2D eigenvalue weighted by Crippen LogP contribution is 2.41. The van der Waals surface area contributed by atoms with Gasteiger partial charge in [0.15, 0.2) is 10.6 Å². The Kier molecular flexibility index (Phi) is 3.99. The van der Waals surface area contributed by atoms with E-state index < -0.39 is 43.7 Å². The lowest BCUT2D eigenvalue weighted by atomic mass is 10.2. The number of hydrogen-bond acceptors (Lipinski definition) is 8. The van der Waals surface area contributed by atoms with Gasteiger partial charge in [0.25, 0.3) is 10.0 Å². The van der Waals surface area contributed by atoms with Gasteiger partial charge in [0.1, 0.15) is 12.3 Å². The molecule has 0 radical (unpaired) electrons. The van der Waals surface area contributed by atoms with E-state index in [0.29, 0.717) is 0 Å². The van der Waals surface area contributed by atoms with E-state index in [1.165, 1.54) is 0 Å². The molecule has 0 unspecified atom stereocenters. The number of esters is 1. The van der Waals surface area contributed by atoms with Crippen LogP contribution in [0.5, 0.6) is 5.75 Å². The Bertz CT molecular complexity index is 785. The number of phenols is 1. The Hall–Kier alpha value is -2.69. The molecule has 1 aromatic rings. The second-order valence-electron chi connectivity index (χ2n) is 4.19.